The molecule has 0 bridgehead atoms. The first-order valence-electron chi connectivity index (χ1n) is 5.66. The van der Waals surface area contributed by atoms with Crippen molar-refractivity contribution in [2.45, 2.75) is 18.4 Å². The number of hydrogen-bond acceptors (Lipinski definition) is 4. The van der Waals surface area contributed by atoms with Crippen molar-refractivity contribution >= 4 is 19.7 Å². The van der Waals surface area contributed by atoms with Crippen LogP contribution in [0.4, 0.5) is 4.39 Å². The van der Waals surface area contributed by atoms with Crippen LogP contribution in [0.15, 0.2) is 41.3 Å². The van der Waals surface area contributed by atoms with Crippen LogP contribution in [0.2, 0.25) is 0 Å². The first kappa shape index (κ1) is 14.7. The summed E-state index contributed by atoms with van der Waals surface area (Å²) >= 11 is 0. The van der Waals surface area contributed by atoms with Gasteiger partial charge in [0, 0.05) is 16.4 Å². The van der Waals surface area contributed by atoms with Gasteiger partial charge in [0.2, 0.25) is 0 Å². The van der Waals surface area contributed by atoms with Gasteiger partial charge in [-0.15, -0.1) is 0 Å². The lowest BCUT2D eigenvalue weighted by Crippen LogP contribution is -2.03. The van der Waals surface area contributed by atoms with Crippen molar-refractivity contribution in [3.05, 3.63) is 53.6 Å². The second-order valence-corrected chi connectivity index (χ2v) is 6.62. The average Bonchev–Trinajstić information content (AvgIpc) is 2.36. The van der Waals surface area contributed by atoms with Crippen LogP contribution in [0.3, 0.4) is 0 Å². The highest BCUT2D eigenvalue weighted by molar-refractivity contribution is 8.13. The Kier molecular flexibility index (Phi) is 4.25. The van der Waals surface area contributed by atoms with Gasteiger partial charge in [0.05, 0.1) is 5.69 Å². The van der Waals surface area contributed by atoms with E-state index in [0.29, 0.717) is 5.69 Å². The van der Waals surface area contributed by atoms with Gasteiger partial charge in [0.25, 0.3) is 9.05 Å². The van der Waals surface area contributed by atoms with Crippen molar-refractivity contribution in [3.8, 4) is 5.75 Å². The molecule has 0 aliphatic rings. The highest BCUT2D eigenvalue weighted by atomic mass is 35.7. The Morgan fingerprint density at radius 3 is 2.70 bits per heavy atom. The number of ether oxygens (including phenoxy) is 1. The minimum atomic E-state index is -4.08. The van der Waals surface area contributed by atoms with E-state index in [-0.39, 0.29) is 12.4 Å². The molecule has 1 aromatic heterocycles. The van der Waals surface area contributed by atoms with Crippen LogP contribution < -0.4 is 4.74 Å². The SMILES string of the molecule is Cc1cccc(COc2ccc(F)cc2S(=O)(=O)Cl)n1. The lowest BCUT2D eigenvalue weighted by atomic mass is 10.3. The largest absolute Gasteiger partial charge is 0.486 e. The maximum absolute atomic E-state index is 13.1. The number of benzene rings is 1. The summed E-state index contributed by atoms with van der Waals surface area (Å²) in [7, 11) is 1.17. The van der Waals surface area contributed by atoms with E-state index in [4.69, 9.17) is 15.4 Å². The van der Waals surface area contributed by atoms with Gasteiger partial charge in [-0.05, 0) is 37.3 Å². The Bertz CT molecular complexity index is 734. The van der Waals surface area contributed by atoms with Gasteiger partial charge in [-0.3, -0.25) is 4.98 Å². The van der Waals surface area contributed by atoms with Crippen molar-refractivity contribution in [1.82, 2.24) is 4.98 Å². The number of aryl methyl sites for hydroxylation is 1. The predicted octanol–water partition coefficient (Wildman–Crippen LogP) is 3.04. The molecule has 0 spiro atoms. The van der Waals surface area contributed by atoms with Crippen LogP contribution in [0.5, 0.6) is 5.75 Å². The molecule has 0 radical (unpaired) electrons. The van der Waals surface area contributed by atoms with E-state index in [1.54, 1.807) is 6.07 Å². The highest BCUT2D eigenvalue weighted by Crippen LogP contribution is 2.28. The fourth-order valence-electron chi connectivity index (χ4n) is 1.62. The Morgan fingerprint density at radius 1 is 1.30 bits per heavy atom. The molecule has 0 aliphatic heterocycles. The minimum absolute atomic E-state index is 0.00953. The summed E-state index contributed by atoms with van der Waals surface area (Å²) in [5.41, 5.74) is 1.45. The Morgan fingerprint density at radius 2 is 2.05 bits per heavy atom. The maximum Gasteiger partial charge on any atom is 0.265 e. The molecule has 0 fully saturated rings. The van der Waals surface area contributed by atoms with Crippen molar-refractivity contribution in [1.29, 1.82) is 0 Å². The smallest absolute Gasteiger partial charge is 0.265 e. The predicted molar refractivity (Wildman–Crippen MR) is 72.7 cm³/mol. The van der Waals surface area contributed by atoms with Crippen LogP contribution in [0.25, 0.3) is 0 Å². The lowest BCUT2D eigenvalue weighted by molar-refractivity contribution is 0.292. The molecule has 4 nitrogen and oxygen atoms in total. The lowest BCUT2D eigenvalue weighted by Gasteiger charge is -2.09. The molecule has 0 atom stereocenters. The normalized spacial score (nSPS) is 11.3. The van der Waals surface area contributed by atoms with Crippen molar-refractivity contribution < 1.29 is 17.5 Å². The minimum Gasteiger partial charge on any atom is -0.486 e. The number of aromatic nitrogens is 1. The summed E-state index contributed by atoms with van der Waals surface area (Å²) in [5, 5.41) is 0. The Hall–Kier alpha value is -1.66. The molecule has 7 heteroatoms. The van der Waals surface area contributed by atoms with Crippen molar-refractivity contribution in [2.75, 3.05) is 0 Å². The Labute approximate surface area is 120 Å². The van der Waals surface area contributed by atoms with Crippen LogP contribution >= 0.6 is 10.7 Å². The zero-order valence-corrected chi connectivity index (χ0v) is 12.1. The molecule has 2 rings (SSSR count). The number of nitrogens with zero attached hydrogens (tertiary/aromatic N) is 1. The molecule has 1 aromatic carbocycles. The molecule has 0 aliphatic carbocycles. The molecule has 0 N–H and O–H groups in total. The van der Waals surface area contributed by atoms with E-state index in [9.17, 15) is 12.8 Å². The van der Waals surface area contributed by atoms with E-state index >= 15 is 0 Å². The first-order valence-corrected chi connectivity index (χ1v) is 7.97. The molecular weight excluding hydrogens is 305 g/mol. The first-order chi connectivity index (χ1) is 9.36. The third-order valence-electron chi connectivity index (χ3n) is 2.49. The molecule has 2 aromatic rings. The summed E-state index contributed by atoms with van der Waals surface area (Å²) < 4.78 is 41.2. The third-order valence-corrected chi connectivity index (χ3v) is 3.83. The highest BCUT2D eigenvalue weighted by Gasteiger charge is 2.18. The monoisotopic (exact) mass is 315 g/mol. The van der Waals surface area contributed by atoms with E-state index < -0.39 is 19.8 Å². The van der Waals surface area contributed by atoms with Crippen LogP contribution in [-0.2, 0) is 15.7 Å². The summed E-state index contributed by atoms with van der Waals surface area (Å²) in [5.74, 6) is -0.713. The molecule has 0 amide bonds. The zero-order valence-electron chi connectivity index (χ0n) is 10.5. The molecular formula is C13H11ClFNO3S. The molecule has 0 saturated carbocycles. The fourth-order valence-corrected chi connectivity index (χ4v) is 2.61. The van der Waals surface area contributed by atoms with Gasteiger partial charge in [-0.2, -0.15) is 0 Å². The zero-order chi connectivity index (χ0) is 14.8. The van der Waals surface area contributed by atoms with Crippen LogP contribution in [0.1, 0.15) is 11.4 Å². The average molecular weight is 316 g/mol. The quantitative estimate of drug-likeness (QED) is 0.814. The fraction of sp³-hybridized carbons (Fsp3) is 0.154. The van der Waals surface area contributed by atoms with Crippen LogP contribution in [-0.4, -0.2) is 13.4 Å². The van der Waals surface area contributed by atoms with Crippen LogP contribution in [0, 0.1) is 12.7 Å². The number of halogens is 2. The number of rotatable bonds is 4. The molecule has 0 unspecified atom stereocenters. The molecule has 0 saturated heterocycles. The summed E-state index contributed by atoms with van der Waals surface area (Å²) in [4.78, 5) is 3.82. The van der Waals surface area contributed by atoms with Crippen molar-refractivity contribution in [3.63, 3.8) is 0 Å². The third kappa shape index (κ3) is 3.68. The standard InChI is InChI=1S/C13H11ClFNO3S/c1-9-3-2-4-11(16-9)8-19-12-6-5-10(15)7-13(12)20(14,17)18/h2-7H,8H2,1H3. The summed E-state index contributed by atoms with van der Waals surface area (Å²) in [6.45, 7) is 1.89. The van der Waals surface area contributed by atoms with Gasteiger partial charge >= 0.3 is 0 Å². The van der Waals surface area contributed by atoms with E-state index in [1.807, 2.05) is 19.1 Å². The van der Waals surface area contributed by atoms with Gasteiger partial charge < -0.3 is 4.74 Å². The summed E-state index contributed by atoms with van der Waals surface area (Å²) in [6, 6.07) is 8.53. The van der Waals surface area contributed by atoms with Gasteiger partial charge in [0.1, 0.15) is 23.1 Å². The van der Waals surface area contributed by atoms with Crippen molar-refractivity contribution in [2.24, 2.45) is 0 Å². The number of pyridine rings is 1. The number of hydrogen-bond donors (Lipinski definition) is 0. The topological polar surface area (TPSA) is 56.3 Å². The second-order valence-electron chi connectivity index (χ2n) is 4.09. The van der Waals surface area contributed by atoms with Gasteiger partial charge in [0.15, 0.2) is 0 Å². The van der Waals surface area contributed by atoms with E-state index in [0.717, 1.165) is 17.8 Å². The molecule has 20 heavy (non-hydrogen) atoms. The van der Waals surface area contributed by atoms with E-state index in [1.165, 1.54) is 6.07 Å². The maximum atomic E-state index is 13.1. The van der Waals surface area contributed by atoms with Gasteiger partial charge in [-0.1, -0.05) is 6.07 Å². The second kappa shape index (κ2) is 5.76. The summed E-state index contributed by atoms with van der Waals surface area (Å²) in [6.07, 6.45) is 0. The molecule has 1 heterocycles. The van der Waals surface area contributed by atoms with Gasteiger partial charge in [-0.25, -0.2) is 12.8 Å². The molecule has 106 valence electrons. The van der Waals surface area contributed by atoms with E-state index in [2.05, 4.69) is 4.98 Å². The Balaban J connectivity index is 2.26.